The van der Waals surface area contributed by atoms with Crippen LogP contribution in [0.2, 0.25) is 0 Å². The Morgan fingerprint density at radius 1 is 0.600 bits per heavy atom. The van der Waals surface area contributed by atoms with Gasteiger partial charge in [0.05, 0.1) is 18.8 Å². The first-order chi connectivity index (χ1) is 14.3. The maximum atomic E-state index is 10.2. The summed E-state index contributed by atoms with van der Waals surface area (Å²) in [4.78, 5) is 1.69. The standard InChI is InChI=1S/C23H49NO6/c1-3-4-5-6-7-8-9-10-11-12-13-14-15-19(26)16-24(2)17-20(27)22(29)23(30)21(28)18-25/h19-23,25-30H,3-18H2,1-2H3/t19?,20-,21+,22+,23+/m0/s1. The molecule has 7 nitrogen and oxygen atoms in total. The molecule has 0 saturated carbocycles. The second-order valence-electron chi connectivity index (χ2n) is 8.85. The smallest absolute Gasteiger partial charge is 0.111 e. The Kier molecular flexibility index (Phi) is 19.2. The van der Waals surface area contributed by atoms with Gasteiger partial charge in [0.2, 0.25) is 0 Å². The Bertz CT molecular complexity index is 374. The van der Waals surface area contributed by atoms with Gasteiger partial charge in [0, 0.05) is 13.1 Å². The summed E-state index contributed by atoms with van der Waals surface area (Å²) in [6.45, 7) is 1.96. The van der Waals surface area contributed by atoms with E-state index in [2.05, 4.69) is 6.92 Å². The minimum absolute atomic E-state index is 0.0475. The number of hydrogen-bond acceptors (Lipinski definition) is 7. The summed E-state index contributed by atoms with van der Waals surface area (Å²) in [6.07, 6.45) is 9.54. The highest BCUT2D eigenvalue weighted by Gasteiger charge is 2.30. The number of rotatable bonds is 21. The van der Waals surface area contributed by atoms with Gasteiger partial charge in [0.15, 0.2) is 0 Å². The molecule has 0 radical (unpaired) electrons. The lowest BCUT2D eigenvalue weighted by Gasteiger charge is -2.29. The van der Waals surface area contributed by atoms with Crippen LogP contribution in [0.25, 0.3) is 0 Å². The van der Waals surface area contributed by atoms with Crippen molar-refractivity contribution in [1.82, 2.24) is 4.90 Å². The molecule has 0 amide bonds. The van der Waals surface area contributed by atoms with E-state index in [1.807, 2.05) is 0 Å². The first kappa shape index (κ1) is 29.7. The number of hydrogen-bond donors (Lipinski definition) is 6. The molecular weight excluding hydrogens is 386 g/mol. The van der Waals surface area contributed by atoms with Crippen molar-refractivity contribution in [3.8, 4) is 0 Å². The lowest BCUT2D eigenvalue weighted by atomic mass is 10.0. The topological polar surface area (TPSA) is 125 Å². The predicted molar refractivity (Wildman–Crippen MR) is 120 cm³/mol. The molecule has 0 aromatic heterocycles. The first-order valence-electron chi connectivity index (χ1n) is 12.0. The van der Waals surface area contributed by atoms with Gasteiger partial charge in [-0.1, -0.05) is 84.0 Å². The Hall–Kier alpha value is -0.280. The van der Waals surface area contributed by atoms with Crippen LogP contribution in [0.1, 0.15) is 90.4 Å². The van der Waals surface area contributed by atoms with Gasteiger partial charge in [0.25, 0.3) is 0 Å². The van der Waals surface area contributed by atoms with Crippen LogP contribution in [0.5, 0.6) is 0 Å². The van der Waals surface area contributed by atoms with Crippen molar-refractivity contribution in [2.45, 2.75) is 121 Å². The number of likely N-dealkylation sites (N-methyl/N-ethyl adjacent to an activating group) is 1. The fraction of sp³-hybridized carbons (Fsp3) is 1.00. The Balaban J connectivity index is 3.68. The van der Waals surface area contributed by atoms with Crippen molar-refractivity contribution in [1.29, 1.82) is 0 Å². The molecule has 0 aliphatic rings. The highest BCUT2D eigenvalue weighted by atomic mass is 16.4. The van der Waals surface area contributed by atoms with Gasteiger partial charge in [0.1, 0.15) is 18.3 Å². The van der Waals surface area contributed by atoms with Gasteiger partial charge in [-0.15, -0.1) is 0 Å². The minimum atomic E-state index is -1.62. The molecule has 0 fully saturated rings. The van der Waals surface area contributed by atoms with Crippen molar-refractivity contribution >= 4 is 0 Å². The van der Waals surface area contributed by atoms with E-state index >= 15 is 0 Å². The number of nitrogens with zero attached hydrogens (tertiary/aromatic N) is 1. The van der Waals surface area contributed by atoms with Crippen LogP contribution in [0.15, 0.2) is 0 Å². The number of aliphatic hydroxyl groups excluding tert-OH is 6. The molecule has 6 N–H and O–H groups in total. The van der Waals surface area contributed by atoms with Gasteiger partial charge in [-0.05, 0) is 13.5 Å². The summed E-state index contributed by atoms with van der Waals surface area (Å²) < 4.78 is 0. The predicted octanol–water partition coefficient (Wildman–Crippen LogP) is 1.81. The summed E-state index contributed by atoms with van der Waals surface area (Å²) >= 11 is 0. The molecule has 0 heterocycles. The van der Waals surface area contributed by atoms with Gasteiger partial charge >= 0.3 is 0 Å². The third kappa shape index (κ3) is 15.5. The summed E-state index contributed by atoms with van der Waals surface area (Å²) in [7, 11) is 1.72. The van der Waals surface area contributed by atoms with Gasteiger partial charge < -0.3 is 35.5 Å². The van der Waals surface area contributed by atoms with E-state index in [9.17, 15) is 25.5 Å². The number of unbranched alkanes of at least 4 members (excludes halogenated alkanes) is 11. The first-order valence-corrected chi connectivity index (χ1v) is 12.0. The van der Waals surface area contributed by atoms with Crippen molar-refractivity contribution < 1.29 is 30.6 Å². The van der Waals surface area contributed by atoms with Crippen molar-refractivity contribution in [2.75, 3.05) is 26.7 Å². The molecule has 30 heavy (non-hydrogen) atoms. The molecule has 0 aromatic carbocycles. The minimum Gasteiger partial charge on any atom is -0.394 e. The quantitative estimate of drug-likeness (QED) is 0.152. The van der Waals surface area contributed by atoms with Crippen LogP contribution >= 0.6 is 0 Å². The van der Waals surface area contributed by atoms with E-state index in [1.165, 1.54) is 64.2 Å². The molecule has 0 bridgehead atoms. The molecule has 182 valence electrons. The summed E-state index contributed by atoms with van der Waals surface area (Å²) in [5.74, 6) is 0. The maximum Gasteiger partial charge on any atom is 0.111 e. The third-order valence-electron chi connectivity index (χ3n) is 5.74. The van der Waals surface area contributed by atoms with E-state index in [0.29, 0.717) is 13.0 Å². The van der Waals surface area contributed by atoms with Crippen molar-refractivity contribution in [2.24, 2.45) is 0 Å². The molecular formula is C23H49NO6. The van der Waals surface area contributed by atoms with Crippen LogP contribution in [0.4, 0.5) is 0 Å². The fourth-order valence-electron chi connectivity index (χ4n) is 3.74. The van der Waals surface area contributed by atoms with Gasteiger partial charge in [-0.2, -0.15) is 0 Å². The lowest BCUT2D eigenvalue weighted by molar-refractivity contribution is -0.119. The monoisotopic (exact) mass is 435 g/mol. The summed E-state index contributed by atoms with van der Waals surface area (Å²) in [5.41, 5.74) is 0. The largest absolute Gasteiger partial charge is 0.394 e. The molecule has 0 aliphatic carbocycles. The lowest BCUT2D eigenvalue weighted by Crippen LogP contribution is -2.49. The highest BCUT2D eigenvalue weighted by Crippen LogP contribution is 2.13. The van der Waals surface area contributed by atoms with Crippen LogP contribution in [-0.4, -0.2) is 92.8 Å². The van der Waals surface area contributed by atoms with Crippen LogP contribution in [0, 0.1) is 0 Å². The highest BCUT2D eigenvalue weighted by molar-refractivity contribution is 4.82. The van der Waals surface area contributed by atoms with Crippen molar-refractivity contribution in [3.05, 3.63) is 0 Å². The van der Waals surface area contributed by atoms with E-state index in [-0.39, 0.29) is 6.54 Å². The molecule has 0 aromatic rings. The van der Waals surface area contributed by atoms with Crippen LogP contribution in [0.3, 0.4) is 0 Å². The Morgan fingerprint density at radius 3 is 1.50 bits per heavy atom. The zero-order valence-corrected chi connectivity index (χ0v) is 19.3. The number of aliphatic hydroxyl groups is 6. The summed E-state index contributed by atoms with van der Waals surface area (Å²) in [5, 5.41) is 57.8. The average Bonchev–Trinajstić information content (AvgIpc) is 2.72. The molecule has 0 rings (SSSR count). The molecule has 0 spiro atoms. The van der Waals surface area contributed by atoms with Crippen molar-refractivity contribution in [3.63, 3.8) is 0 Å². The van der Waals surface area contributed by atoms with E-state index in [0.717, 1.165) is 12.8 Å². The Morgan fingerprint density at radius 2 is 1.03 bits per heavy atom. The normalized spacial score (nSPS) is 17.1. The van der Waals surface area contributed by atoms with E-state index in [4.69, 9.17) is 5.11 Å². The zero-order valence-electron chi connectivity index (χ0n) is 19.3. The zero-order chi connectivity index (χ0) is 22.8. The average molecular weight is 436 g/mol. The molecule has 7 heteroatoms. The SMILES string of the molecule is CCCCCCCCCCCCCCC(O)CN(C)C[C@H](O)[C@@H](O)[C@H](O)[C@H](O)CO. The summed E-state index contributed by atoms with van der Waals surface area (Å²) in [6, 6.07) is 0. The molecule has 5 atom stereocenters. The fourth-order valence-corrected chi connectivity index (χ4v) is 3.74. The Labute approximate surface area is 183 Å². The third-order valence-corrected chi connectivity index (χ3v) is 5.74. The second kappa shape index (κ2) is 19.4. The molecule has 0 aliphatic heterocycles. The van der Waals surface area contributed by atoms with Crippen LogP contribution in [-0.2, 0) is 0 Å². The molecule has 1 unspecified atom stereocenters. The molecule has 0 saturated heterocycles. The van der Waals surface area contributed by atoms with Crippen LogP contribution < -0.4 is 0 Å². The second-order valence-corrected chi connectivity index (χ2v) is 8.85. The van der Waals surface area contributed by atoms with Gasteiger partial charge in [-0.25, -0.2) is 0 Å². The van der Waals surface area contributed by atoms with Gasteiger partial charge in [-0.3, -0.25) is 0 Å². The van der Waals surface area contributed by atoms with E-state index in [1.54, 1.807) is 11.9 Å². The maximum absolute atomic E-state index is 10.2. The van der Waals surface area contributed by atoms with E-state index < -0.39 is 37.1 Å².